The van der Waals surface area contributed by atoms with E-state index in [0.29, 0.717) is 12.5 Å². The molecule has 124 valence electrons. The Kier molecular flexibility index (Phi) is 4.70. The Morgan fingerprint density at radius 1 is 1.17 bits per heavy atom. The molecule has 0 N–H and O–H groups in total. The molecule has 1 aliphatic rings. The monoisotopic (exact) mass is 321 g/mol. The first-order valence-corrected chi connectivity index (χ1v) is 8.40. The Balaban J connectivity index is 1.77. The number of para-hydroxylation sites is 2. The highest BCUT2D eigenvalue weighted by molar-refractivity contribution is 6.05. The van der Waals surface area contributed by atoms with E-state index >= 15 is 0 Å². The van der Waals surface area contributed by atoms with Crippen LogP contribution < -0.4 is 9.64 Å². The molecule has 0 radical (unpaired) electrons. The number of anilines is 1. The lowest BCUT2D eigenvalue weighted by Crippen LogP contribution is -2.41. The molecule has 1 aliphatic heterocycles. The van der Waals surface area contributed by atoms with E-state index in [1.165, 1.54) is 5.56 Å². The van der Waals surface area contributed by atoms with Crippen LogP contribution in [0.25, 0.3) is 6.08 Å². The number of rotatable bonds is 3. The molecule has 0 aliphatic carbocycles. The number of ether oxygens (including phenoxy) is 1. The van der Waals surface area contributed by atoms with Crippen LogP contribution in [0, 0.1) is 0 Å². The first kappa shape index (κ1) is 16.3. The van der Waals surface area contributed by atoms with Gasteiger partial charge in [0.25, 0.3) is 5.91 Å². The standard InChI is InChI=1S/C21H23NO2/c1-15(2)18-11-8-17(9-12-18)10-13-21(23)22-14-16(3)24-20-7-5-4-6-19(20)22/h4-13,15-16H,14H2,1-3H3/b13-10+. The topological polar surface area (TPSA) is 29.5 Å². The Hall–Kier alpha value is -2.55. The lowest BCUT2D eigenvalue weighted by Gasteiger charge is -2.32. The number of hydrogen-bond acceptors (Lipinski definition) is 2. The molecule has 24 heavy (non-hydrogen) atoms. The van der Waals surface area contributed by atoms with Crippen LogP contribution in [0.1, 0.15) is 37.8 Å². The fourth-order valence-corrected chi connectivity index (χ4v) is 2.85. The molecule has 2 aromatic carbocycles. The summed E-state index contributed by atoms with van der Waals surface area (Å²) >= 11 is 0. The van der Waals surface area contributed by atoms with Crippen LogP contribution >= 0.6 is 0 Å². The van der Waals surface area contributed by atoms with Crippen molar-refractivity contribution in [1.82, 2.24) is 0 Å². The van der Waals surface area contributed by atoms with Crippen molar-refractivity contribution in [2.45, 2.75) is 32.8 Å². The maximum atomic E-state index is 12.6. The van der Waals surface area contributed by atoms with E-state index < -0.39 is 0 Å². The molecule has 3 rings (SSSR count). The number of nitrogens with zero attached hydrogens (tertiary/aromatic N) is 1. The van der Waals surface area contributed by atoms with Gasteiger partial charge in [-0.15, -0.1) is 0 Å². The number of hydrogen-bond donors (Lipinski definition) is 0. The van der Waals surface area contributed by atoms with Gasteiger partial charge in [-0.25, -0.2) is 0 Å². The summed E-state index contributed by atoms with van der Waals surface area (Å²) in [4.78, 5) is 14.4. The minimum atomic E-state index is -0.0227. The average Bonchev–Trinajstić information content (AvgIpc) is 2.59. The summed E-state index contributed by atoms with van der Waals surface area (Å²) < 4.78 is 5.79. The number of benzene rings is 2. The molecule has 2 aromatic rings. The smallest absolute Gasteiger partial charge is 0.251 e. The Labute approximate surface area is 143 Å². The second-order valence-corrected chi connectivity index (χ2v) is 6.50. The molecule has 1 unspecified atom stereocenters. The molecule has 1 amide bonds. The summed E-state index contributed by atoms with van der Waals surface area (Å²) in [5.41, 5.74) is 3.16. The van der Waals surface area contributed by atoms with Crippen molar-refractivity contribution in [3.05, 3.63) is 65.7 Å². The van der Waals surface area contributed by atoms with Gasteiger partial charge in [0.15, 0.2) is 0 Å². The lowest BCUT2D eigenvalue weighted by molar-refractivity contribution is -0.114. The molecule has 3 heteroatoms. The van der Waals surface area contributed by atoms with Crippen molar-refractivity contribution < 1.29 is 9.53 Å². The minimum Gasteiger partial charge on any atom is -0.487 e. The van der Waals surface area contributed by atoms with Gasteiger partial charge in [-0.1, -0.05) is 50.2 Å². The van der Waals surface area contributed by atoms with Gasteiger partial charge in [-0.05, 0) is 42.2 Å². The quantitative estimate of drug-likeness (QED) is 0.771. The number of carbonyl (C=O) groups excluding carboxylic acids is 1. The highest BCUT2D eigenvalue weighted by Gasteiger charge is 2.25. The zero-order valence-electron chi connectivity index (χ0n) is 14.4. The van der Waals surface area contributed by atoms with E-state index in [1.807, 2.05) is 37.3 Å². The number of fused-ring (bicyclic) bond motifs is 1. The van der Waals surface area contributed by atoms with Crippen LogP contribution in [-0.4, -0.2) is 18.6 Å². The summed E-state index contributed by atoms with van der Waals surface area (Å²) in [7, 11) is 0. The van der Waals surface area contributed by atoms with Gasteiger partial charge in [-0.2, -0.15) is 0 Å². The SMILES string of the molecule is CC1CN(C(=O)/C=C/c2ccc(C(C)C)cc2)c2ccccc2O1. The molecule has 1 atom stereocenters. The fourth-order valence-electron chi connectivity index (χ4n) is 2.85. The third-order valence-electron chi connectivity index (χ3n) is 4.21. The number of carbonyl (C=O) groups is 1. The largest absolute Gasteiger partial charge is 0.487 e. The normalized spacial score (nSPS) is 17.0. The second-order valence-electron chi connectivity index (χ2n) is 6.50. The van der Waals surface area contributed by atoms with E-state index in [-0.39, 0.29) is 12.0 Å². The maximum absolute atomic E-state index is 12.6. The molecule has 0 spiro atoms. The van der Waals surface area contributed by atoms with Crippen LogP contribution in [0.4, 0.5) is 5.69 Å². The molecule has 0 saturated carbocycles. The van der Waals surface area contributed by atoms with Gasteiger partial charge in [0, 0.05) is 6.08 Å². The van der Waals surface area contributed by atoms with Crippen LogP contribution in [-0.2, 0) is 4.79 Å². The van der Waals surface area contributed by atoms with Gasteiger partial charge in [0.2, 0.25) is 0 Å². The molecular weight excluding hydrogens is 298 g/mol. The molecular formula is C21H23NO2. The van der Waals surface area contributed by atoms with Crippen molar-refractivity contribution >= 4 is 17.7 Å². The molecule has 0 fully saturated rings. The Morgan fingerprint density at radius 3 is 2.58 bits per heavy atom. The van der Waals surface area contributed by atoms with Crippen LogP contribution in [0.15, 0.2) is 54.6 Å². The predicted octanol–water partition coefficient (Wildman–Crippen LogP) is 4.64. The summed E-state index contributed by atoms with van der Waals surface area (Å²) in [6.45, 7) is 6.88. The Bertz CT molecular complexity index is 747. The molecule has 0 aromatic heterocycles. The van der Waals surface area contributed by atoms with E-state index in [9.17, 15) is 4.79 Å². The summed E-state index contributed by atoms with van der Waals surface area (Å²) in [6, 6.07) is 16.0. The van der Waals surface area contributed by atoms with Gasteiger partial charge < -0.3 is 9.64 Å². The van der Waals surface area contributed by atoms with Crippen molar-refractivity contribution in [3.63, 3.8) is 0 Å². The van der Waals surface area contributed by atoms with Gasteiger partial charge in [0.1, 0.15) is 11.9 Å². The third kappa shape index (κ3) is 3.51. The molecule has 3 nitrogen and oxygen atoms in total. The van der Waals surface area contributed by atoms with Crippen molar-refractivity contribution in [3.8, 4) is 5.75 Å². The highest BCUT2D eigenvalue weighted by atomic mass is 16.5. The summed E-state index contributed by atoms with van der Waals surface area (Å²) in [5, 5.41) is 0. The fraction of sp³-hybridized carbons (Fsp3) is 0.286. The van der Waals surface area contributed by atoms with E-state index in [0.717, 1.165) is 17.0 Å². The third-order valence-corrected chi connectivity index (χ3v) is 4.21. The van der Waals surface area contributed by atoms with Gasteiger partial charge in [0.05, 0.1) is 12.2 Å². The first-order valence-electron chi connectivity index (χ1n) is 8.40. The van der Waals surface area contributed by atoms with Crippen LogP contribution in [0.2, 0.25) is 0 Å². The second kappa shape index (κ2) is 6.91. The molecule has 1 heterocycles. The van der Waals surface area contributed by atoms with Crippen molar-refractivity contribution in [1.29, 1.82) is 0 Å². The summed E-state index contributed by atoms with van der Waals surface area (Å²) in [6.07, 6.45) is 3.50. The average molecular weight is 321 g/mol. The number of amides is 1. The van der Waals surface area contributed by atoms with Crippen molar-refractivity contribution in [2.75, 3.05) is 11.4 Å². The first-order chi connectivity index (χ1) is 11.5. The van der Waals surface area contributed by atoms with Gasteiger partial charge >= 0.3 is 0 Å². The van der Waals surface area contributed by atoms with E-state index in [2.05, 4.69) is 38.1 Å². The molecule has 0 saturated heterocycles. The maximum Gasteiger partial charge on any atom is 0.251 e. The minimum absolute atomic E-state index is 0.0115. The zero-order chi connectivity index (χ0) is 17.1. The summed E-state index contributed by atoms with van der Waals surface area (Å²) in [5.74, 6) is 1.25. The van der Waals surface area contributed by atoms with Gasteiger partial charge in [-0.3, -0.25) is 4.79 Å². The van der Waals surface area contributed by atoms with Crippen LogP contribution in [0.3, 0.4) is 0 Å². The molecule has 0 bridgehead atoms. The van der Waals surface area contributed by atoms with Crippen molar-refractivity contribution in [2.24, 2.45) is 0 Å². The highest BCUT2D eigenvalue weighted by Crippen LogP contribution is 2.33. The Morgan fingerprint density at radius 2 is 1.88 bits per heavy atom. The van der Waals surface area contributed by atoms with Crippen LogP contribution in [0.5, 0.6) is 5.75 Å². The van der Waals surface area contributed by atoms with E-state index in [4.69, 9.17) is 4.74 Å². The van der Waals surface area contributed by atoms with E-state index in [1.54, 1.807) is 11.0 Å². The lowest BCUT2D eigenvalue weighted by atomic mass is 10.0. The zero-order valence-corrected chi connectivity index (χ0v) is 14.4. The predicted molar refractivity (Wildman–Crippen MR) is 98.5 cm³/mol.